The molecule has 0 unspecified atom stereocenters. The summed E-state index contributed by atoms with van der Waals surface area (Å²) in [6.45, 7) is 4.07. The van der Waals surface area contributed by atoms with Crippen molar-refractivity contribution in [2.75, 3.05) is 5.75 Å². The van der Waals surface area contributed by atoms with Crippen molar-refractivity contribution >= 4 is 11.8 Å². The summed E-state index contributed by atoms with van der Waals surface area (Å²) in [7, 11) is 0. The van der Waals surface area contributed by atoms with Gasteiger partial charge in [0.15, 0.2) is 5.16 Å². The zero-order chi connectivity index (χ0) is 13.0. The molecular formula is C13H16FN3S. The van der Waals surface area contributed by atoms with Gasteiger partial charge in [0.05, 0.1) is 0 Å². The van der Waals surface area contributed by atoms with Gasteiger partial charge in [-0.05, 0) is 37.6 Å². The molecule has 0 N–H and O–H groups in total. The summed E-state index contributed by atoms with van der Waals surface area (Å²) in [5.74, 6) is 1.61. The largest absolute Gasteiger partial charge is 0.274 e. The number of halogens is 1. The lowest BCUT2D eigenvalue weighted by molar-refractivity contribution is 0.627. The van der Waals surface area contributed by atoms with E-state index in [1.54, 1.807) is 23.9 Å². The first kappa shape index (κ1) is 13.1. The molecule has 0 aliphatic carbocycles. The van der Waals surface area contributed by atoms with Crippen LogP contribution in [0.3, 0.4) is 0 Å². The number of rotatable bonds is 5. The van der Waals surface area contributed by atoms with Gasteiger partial charge in [0.2, 0.25) is 0 Å². The zero-order valence-electron chi connectivity index (χ0n) is 10.6. The van der Waals surface area contributed by atoms with Crippen LogP contribution in [0, 0.1) is 12.7 Å². The summed E-state index contributed by atoms with van der Waals surface area (Å²) in [5.41, 5.74) is 0.901. The fourth-order valence-electron chi connectivity index (χ4n) is 1.63. The second kappa shape index (κ2) is 6.00. The van der Waals surface area contributed by atoms with Gasteiger partial charge in [-0.15, -0.1) is 10.2 Å². The number of aryl methyl sites for hydroxylation is 1. The molecule has 0 fully saturated rings. The normalized spacial score (nSPS) is 10.8. The lowest BCUT2D eigenvalue weighted by atomic mass is 10.3. The van der Waals surface area contributed by atoms with Crippen LogP contribution in [0.25, 0.3) is 5.69 Å². The molecule has 2 rings (SSSR count). The SMILES string of the molecule is CCCCSc1nnc(C)n1-c1ccc(F)cc1. The topological polar surface area (TPSA) is 30.7 Å². The molecule has 96 valence electrons. The number of hydrogen-bond acceptors (Lipinski definition) is 3. The summed E-state index contributed by atoms with van der Waals surface area (Å²) < 4.78 is 14.9. The highest BCUT2D eigenvalue weighted by Crippen LogP contribution is 2.22. The number of aromatic nitrogens is 3. The molecule has 0 aliphatic rings. The Balaban J connectivity index is 2.25. The van der Waals surface area contributed by atoms with E-state index in [1.807, 2.05) is 11.5 Å². The van der Waals surface area contributed by atoms with Crippen molar-refractivity contribution in [2.24, 2.45) is 0 Å². The smallest absolute Gasteiger partial charge is 0.195 e. The predicted molar refractivity (Wildman–Crippen MR) is 71.7 cm³/mol. The molecule has 0 bridgehead atoms. The average molecular weight is 265 g/mol. The summed E-state index contributed by atoms with van der Waals surface area (Å²) >= 11 is 1.69. The number of nitrogens with zero attached hydrogens (tertiary/aromatic N) is 3. The van der Waals surface area contributed by atoms with E-state index in [4.69, 9.17) is 0 Å². The van der Waals surface area contributed by atoms with Crippen molar-refractivity contribution in [3.05, 3.63) is 35.9 Å². The third-order valence-corrected chi connectivity index (χ3v) is 3.62. The maximum Gasteiger partial charge on any atom is 0.195 e. The van der Waals surface area contributed by atoms with Gasteiger partial charge in [-0.3, -0.25) is 4.57 Å². The highest BCUT2D eigenvalue weighted by Gasteiger charge is 2.10. The molecule has 18 heavy (non-hydrogen) atoms. The molecule has 3 nitrogen and oxygen atoms in total. The first-order chi connectivity index (χ1) is 8.72. The number of benzene rings is 1. The second-order valence-electron chi connectivity index (χ2n) is 4.04. The highest BCUT2D eigenvalue weighted by atomic mass is 32.2. The number of thioether (sulfide) groups is 1. The Bertz CT molecular complexity index is 507. The highest BCUT2D eigenvalue weighted by molar-refractivity contribution is 7.99. The minimum absolute atomic E-state index is 0.232. The Morgan fingerprint density at radius 2 is 1.94 bits per heavy atom. The van der Waals surface area contributed by atoms with E-state index in [0.717, 1.165) is 35.3 Å². The second-order valence-corrected chi connectivity index (χ2v) is 5.11. The Morgan fingerprint density at radius 1 is 1.22 bits per heavy atom. The lowest BCUT2D eigenvalue weighted by Gasteiger charge is -2.07. The van der Waals surface area contributed by atoms with Crippen molar-refractivity contribution in [1.29, 1.82) is 0 Å². The summed E-state index contributed by atoms with van der Waals surface area (Å²) in [6.07, 6.45) is 2.32. The maximum atomic E-state index is 12.9. The molecule has 0 saturated carbocycles. The third kappa shape index (κ3) is 2.90. The Labute approximate surface area is 110 Å². The molecule has 1 aromatic heterocycles. The molecule has 1 aromatic carbocycles. The van der Waals surface area contributed by atoms with Gasteiger partial charge in [-0.1, -0.05) is 25.1 Å². The van der Waals surface area contributed by atoms with E-state index in [2.05, 4.69) is 17.1 Å². The Kier molecular flexibility index (Phi) is 4.36. The van der Waals surface area contributed by atoms with E-state index >= 15 is 0 Å². The van der Waals surface area contributed by atoms with Gasteiger partial charge in [0, 0.05) is 11.4 Å². The predicted octanol–water partition coefficient (Wildman–Crippen LogP) is 3.61. The third-order valence-electron chi connectivity index (χ3n) is 2.61. The fourth-order valence-corrected chi connectivity index (χ4v) is 2.71. The monoisotopic (exact) mass is 265 g/mol. The molecule has 1 heterocycles. The van der Waals surface area contributed by atoms with Crippen LogP contribution in [0.4, 0.5) is 4.39 Å². The molecule has 2 aromatic rings. The minimum atomic E-state index is -0.232. The fraction of sp³-hybridized carbons (Fsp3) is 0.385. The average Bonchev–Trinajstić information content (AvgIpc) is 2.72. The van der Waals surface area contributed by atoms with Crippen LogP contribution >= 0.6 is 11.8 Å². The van der Waals surface area contributed by atoms with Crippen molar-refractivity contribution in [2.45, 2.75) is 31.8 Å². The Hall–Kier alpha value is -1.36. The van der Waals surface area contributed by atoms with Gasteiger partial charge < -0.3 is 0 Å². The molecule has 0 spiro atoms. The standard InChI is InChI=1S/C13H16FN3S/c1-3-4-9-18-13-16-15-10(2)17(13)12-7-5-11(14)6-8-12/h5-8H,3-4,9H2,1-2H3. The molecule has 0 amide bonds. The first-order valence-corrected chi connectivity index (χ1v) is 7.01. The van der Waals surface area contributed by atoms with Crippen molar-refractivity contribution in [3.8, 4) is 5.69 Å². The van der Waals surface area contributed by atoms with Gasteiger partial charge in [-0.25, -0.2) is 4.39 Å². The van der Waals surface area contributed by atoms with Crippen LogP contribution in [-0.4, -0.2) is 20.5 Å². The van der Waals surface area contributed by atoms with E-state index in [-0.39, 0.29) is 5.82 Å². The molecule has 0 atom stereocenters. The minimum Gasteiger partial charge on any atom is -0.274 e. The van der Waals surface area contributed by atoms with Gasteiger partial charge in [-0.2, -0.15) is 0 Å². The van der Waals surface area contributed by atoms with Gasteiger partial charge >= 0.3 is 0 Å². The van der Waals surface area contributed by atoms with Crippen LogP contribution in [-0.2, 0) is 0 Å². The van der Waals surface area contributed by atoms with Crippen LogP contribution in [0.15, 0.2) is 29.4 Å². The van der Waals surface area contributed by atoms with Crippen LogP contribution in [0.2, 0.25) is 0 Å². The van der Waals surface area contributed by atoms with Crippen molar-refractivity contribution < 1.29 is 4.39 Å². The van der Waals surface area contributed by atoms with Crippen LogP contribution in [0.5, 0.6) is 0 Å². The zero-order valence-corrected chi connectivity index (χ0v) is 11.4. The van der Waals surface area contributed by atoms with E-state index in [1.165, 1.54) is 12.1 Å². The molecule has 0 radical (unpaired) electrons. The number of hydrogen-bond donors (Lipinski definition) is 0. The molecule has 5 heteroatoms. The van der Waals surface area contributed by atoms with Gasteiger partial charge in [0.25, 0.3) is 0 Å². The van der Waals surface area contributed by atoms with E-state index in [9.17, 15) is 4.39 Å². The van der Waals surface area contributed by atoms with E-state index < -0.39 is 0 Å². The summed E-state index contributed by atoms with van der Waals surface area (Å²) in [5, 5.41) is 9.13. The summed E-state index contributed by atoms with van der Waals surface area (Å²) in [4.78, 5) is 0. The first-order valence-electron chi connectivity index (χ1n) is 6.03. The quantitative estimate of drug-likeness (QED) is 0.611. The molecule has 0 saturated heterocycles. The lowest BCUT2D eigenvalue weighted by Crippen LogP contribution is -1.99. The summed E-state index contributed by atoms with van der Waals surface area (Å²) in [6, 6.07) is 6.40. The molecular weight excluding hydrogens is 249 g/mol. The maximum absolute atomic E-state index is 12.9. The molecule has 0 aliphatic heterocycles. The van der Waals surface area contributed by atoms with Crippen LogP contribution < -0.4 is 0 Å². The van der Waals surface area contributed by atoms with Crippen LogP contribution in [0.1, 0.15) is 25.6 Å². The van der Waals surface area contributed by atoms with Crippen molar-refractivity contribution in [3.63, 3.8) is 0 Å². The van der Waals surface area contributed by atoms with Gasteiger partial charge in [0.1, 0.15) is 11.6 Å². The number of unbranched alkanes of at least 4 members (excludes halogenated alkanes) is 1. The Morgan fingerprint density at radius 3 is 2.61 bits per heavy atom. The van der Waals surface area contributed by atoms with E-state index in [0.29, 0.717) is 0 Å². The van der Waals surface area contributed by atoms with Crippen molar-refractivity contribution in [1.82, 2.24) is 14.8 Å².